The van der Waals surface area contributed by atoms with Crippen molar-refractivity contribution < 1.29 is 4.79 Å². The van der Waals surface area contributed by atoms with Crippen molar-refractivity contribution in [2.75, 3.05) is 53.4 Å². The fourth-order valence-corrected chi connectivity index (χ4v) is 3.65. The van der Waals surface area contributed by atoms with Crippen LogP contribution in [0.25, 0.3) is 0 Å². The summed E-state index contributed by atoms with van der Waals surface area (Å²) in [6.07, 6.45) is 2.97. The monoisotopic (exact) mass is 296 g/mol. The summed E-state index contributed by atoms with van der Waals surface area (Å²) in [6, 6.07) is 0.212. The molecule has 5 nitrogen and oxygen atoms in total. The van der Waals surface area contributed by atoms with Crippen LogP contribution in [0.15, 0.2) is 0 Å². The zero-order valence-electron chi connectivity index (χ0n) is 13.9. The molecule has 0 radical (unpaired) electrons. The van der Waals surface area contributed by atoms with E-state index in [9.17, 15) is 4.79 Å². The molecule has 0 aromatic heterocycles. The molecule has 21 heavy (non-hydrogen) atoms. The molecule has 2 fully saturated rings. The van der Waals surface area contributed by atoms with E-state index >= 15 is 0 Å². The van der Waals surface area contributed by atoms with Gasteiger partial charge in [0.2, 0.25) is 5.91 Å². The van der Waals surface area contributed by atoms with Gasteiger partial charge in [0.05, 0.1) is 0 Å². The molecule has 0 bridgehead atoms. The van der Waals surface area contributed by atoms with Crippen molar-refractivity contribution in [3.05, 3.63) is 0 Å². The second-order valence-electron chi connectivity index (χ2n) is 7.24. The molecule has 3 atom stereocenters. The molecule has 0 aromatic carbocycles. The zero-order valence-corrected chi connectivity index (χ0v) is 13.9. The Labute approximate surface area is 129 Å². The Bertz CT molecular complexity index is 329. The van der Waals surface area contributed by atoms with Gasteiger partial charge in [-0.05, 0) is 39.3 Å². The number of piperazine rings is 1. The Morgan fingerprint density at radius 3 is 2.38 bits per heavy atom. The molecule has 2 N–H and O–H groups in total. The van der Waals surface area contributed by atoms with E-state index in [1.807, 2.05) is 0 Å². The fraction of sp³-hybridized carbons (Fsp3) is 0.938. The highest BCUT2D eigenvalue weighted by atomic mass is 16.2. The van der Waals surface area contributed by atoms with Crippen LogP contribution in [-0.2, 0) is 4.79 Å². The first-order valence-electron chi connectivity index (χ1n) is 8.37. The highest BCUT2D eigenvalue weighted by Crippen LogP contribution is 2.29. The van der Waals surface area contributed by atoms with Gasteiger partial charge in [0.25, 0.3) is 0 Å². The molecule has 122 valence electrons. The Morgan fingerprint density at radius 2 is 1.81 bits per heavy atom. The van der Waals surface area contributed by atoms with E-state index in [1.165, 1.54) is 0 Å². The van der Waals surface area contributed by atoms with Crippen molar-refractivity contribution in [2.45, 2.75) is 32.2 Å². The summed E-state index contributed by atoms with van der Waals surface area (Å²) in [5, 5.41) is 0. The Kier molecular flexibility index (Phi) is 6.02. The molecule has 1 saturated heterocycles. The van der Waals surface area contributed by atoms with E-state index in [4.69, 9.17) is 5.73 Å². The molecule has 2 aliphatic rings. The van der Waals surface area contributed by atoms with Crippen LogP contribution in [0.2, 0.25) is 0 Å². The minimum Gasteiger partial charge on any atom is -0.340 e. The SMILES string of the molecule is CC1CC(N)CC(C(=O)N2CCN(CCN(C)C)CC2)C1. The number of amides is 1. The highest BCUT2D eigenvalue weighted by Gasteiger charge is 2.33. The number of carbonyl (C=O) groups excluding carboxylic acids is 1. The van der Waals surface area contributed by atoms with Gasteiger partial charge in [-0.3, -0.25) is 9.69 Å². The van der Waals surface area contributed by atoms with Crippen LogP contribution in [0.3, 0.4) is 0 Å². The number of carbonyl (C=O) groups is 1. The molecule has 5 heteroatoms. The van der Waals surface area contributed by atoms with Crippen LogP contribution >= 0.6 is 0 Å². The third-order valence-corrected chi connectivity index (χ3v) is 4.88. The van der Waals surface area contributed by atoms with Gasteiger partial charge in [0, 0.05) is 51.2 Å². The number of hydrogen-bond donors (Lipinski definition) is 1. The lowest BCUT2D eigenvalue weighted by Crippen LogP contribution is -2.52. The molecule has 1 aliphatic carbocycles. The van der Waals surface area contributed by atoms with Gasteiger partial charge in [-0.1, -0.05) is 6.92 Å². The van der Waals surface area contributed by atoms with Crippen LogP contribution in [0, 0.1) is 11.8 Å². The van der Waals surface area contributed by atoms with Gasteiger partial charge >= 0.3 is 0 Å². The van der Waals surface area contributed by atoms with Crippen molar-refractivity contribution in [2.24, 2.45) is 17.6 Å². The van der Waals surface area contributed by atoms with Crippen LogP contribution in [0.4, 0.5) is 0 Å². The standard InChI is InChI=1S/C16H32N4O/c1-13-10-14(12-15(17)11-13)16(21)20-8-6-19(7-9-20)5-4-18(2)3/h13-15H,4-12,17H2,1-3H3. The van der Waals surface area contributed by atoms with Crippen molar-refractivity contribution in [1.82, 2.24) is 14.7 Å². The zero-order chi connectivity index (χ0) is 15.4. The minimum atomic E-state index is 0.164. The van der Waals surface area contributed by atoms with E-state index in [0.717, 1.165) is 58.5 Å². The summed E-state index contributed by atoms with van der Waals surface area (Å²) in [5.74, 6) is 1.10. The molecule has 2 rings (SSSR count). The van der Waals surface area contributed by atoms with Gasteiger partial charge in [-0.15, -0.1) is 0 Å². The van der Waals surface area contributed by atoms with Crippen molar-refractivity contribution in [1.29, 1.82) is 0 Å². The quantitative estimate of drug-likeness (QED) is 0.819. The van der Waals surface area contributed by atoms with Crippen LogP contribution < -0.4 is 5.73 Å². The molecule has 0 aromatic rings. The molecule has 1 heterocycles. The van der Waals surface area contributed by atoms with Crippen molar-refractivity contribution in [3.63, 3.8) is 0 Å². The van der Waals surface area contributed by atoms with Crippen LogP contribution in [0.5, 0.6) is 0 Å². The largest absolute Gasteiger partial charge is 0.340 e. The maximum absolute atomic E-state index is 12.7. The molecule has 1 saturated carbocycles. The average molecular weight is 296 g/mol. The molecule has 0 spiro atoms. The summed E-state index contributed by atoms with van der Waals surface area (Å²) in [4.78, 5) is 19.4. The lowest BCUT2D eigenvalue weighted by Gasteiger charge is -2.39. The molecule has 3 unspecified atom stereocenters. The van der Waals surface area contributed by atoms with Crippen LogP contribution in [0.1, 0.15) is 26.2 Å². The van der Waals surface area contributed by atoms with E-state index < -0.39 is 0 Å². The van der Waals surface area contributed by atoms with Gasteiger partial charge < -0.3 is 15.5 Å². The third-order valence-electron chi connectivity index (χ3n) is 4.88. The second kappa shape index (κ2) is 7.56. The third kappa shape index (κ3) is 4.94. The van der Waals surface area contributed by atoms with Gasteiger partial charge in [-0.25, -0.2) is 0 Å². The summed E-state index contributed by atoms with van der Waals surface area (Å²) in [7, 11) is 4.21. The lowest BCUT2D eigenvalue weighted by molar-refractivity contribution is -0.139. The fourth-order valence-electron chi connectivity index (χ4n) is 3.65. The normalized spacial score (nSPS) is 31.7. The average Bonchev–Trinajstić information content (AvgIpc) is 2.44. The summed E-state index contributed by atoms with van der Waals surface area (Å²) >= 11 is 0. The number of hydrogen-bond acceptors (Lipinski definition) is 4. The molecular weight excluding hydrogens is 264 g/mol. The topological polar surface area (TPSA) is 52.8 Å². The minimum absolute atomic E-state index is 0.164. The van der Waals surface area contributed by atoms with Crippen molar-refractivity contribution >= 4 is 5.91 Å². The lowest BCUT2D eigenvalue weighted by atomic mass is 9.79. The van der Waals surface area contributed by atoms with Gasteiger partial charge in [0.1, 0.15) is 0 Å². The number of likely N-dealkylation sites (N-methyl/N-ethyl adjacent to an activating group) is 1. The molecular formula is C16H32N4O. The van der Waals surface area contributed by atoms with E-state index in [0.29, 0.717) is 11.8 Å². The maximum Gasteiger partial charge on any atom is 0.225 e. The van der Waals surface area contributed by atoms with Gasteiger partial charge in [-0.2, -0.15) is 0 Å². The predicted octanol–water partition coefficient (Wildman–Crippen LogP) is 0.456. The maximum atomic E-state index is 12.7. The Balaban J connectivity index is 1.77. The van der Waals surface area contributed by atoms with E-state index in [2.05, 4.69) is 35.7 Å². The Morgan fingerprint density at radius 1 is 1.14 bits per heavy atom. The van der Waals surface area contributed by atoms with E-state index in [1.54, 1.807) is 0 Å². The summed E-state index contributed by atoms with van der Waals surface area (Å²) in [6.45, 7) is 8.18. The second-order valence-corrected chi connectivity index (χ2v) is 7.24. The summed E-state index contributed by atoms with van der Waals surface area (Å²) < 4.78 is 0. The first-order valence-corrected chi connectivity index (χ1v) is 8.37. The smallest absolute Gasteiger partial charge is 0.225 e. The molecule has 1 aliphatic heterocycles. The number of nitrogens with two attached hydrogens (primary N) is 1. The van der Waals surface area contributed by atoms with Crippen molar-refractivity contribution in [3.8, 4) is 0 Å². The Hall–Kier alpha value is -0.650. The van der Waals surface area contributed by atoms with E-state index in [-0.39, 0.29) is 12.0 Å². The number of nitrogens with zero attached hydrogens (tertiary/aromatic N) is 3. The van der Waals surface area contributed by atoms with Crippen LogP contribution in [-0.4, -0.2) is 80.0 Å². The highest BCUT2D eigenvalue weighted by molar-refractivity contribution is 5.79. The predicted molar refractivity (Wildman–Crippen MR) is 86.1 cm³/mol. The first kappa shape index (κ1) is 16.7. The van der Waals surface area contributed by atoms with Gasteiger partial charge in [0.15, 0.2) is 0 Å². The summed E-state index contributed by atoms with van der Waals surface area (Å²) in [5.41, 5.74) is 6.09. The number of rotatable bonds is 4. The first-order chi connectivity index (χ1) is 9.95. The molecule has 1 amide bonds.